The molecule has 0 radical (unpaired) electrons. The fourth-order valence-electron chi connectivity index (χ4n) is 6.77. The Hall–Kier alpha value is -2.45. The van der Waals surface area contributed by atoms with Crippen LogP contribution in [-0.2, 0) is 20.9 Å². The molecule has 1 aromatic rings. The van der Waals surface area contributed by atoms with Gasteiger partial charge in [0.05, 0.1) is 0 Å². The molecule has 2 amide bonds. The number of amides is 2. The number of carbonyl (C=O) groups excluding carboxylic acids is 2. The maximum Gasteiger partial charge on any atom is 0.249 e. The van der Waals surface area contributed by atoms with Crippen molar-refractivity contribution in [1.82, 2.24) is 15.1 Å². The van der Waals surface area contributed by atoms with E-state index < -0.39 is 6.04 Å². The standard InChI is InChI=1S/C26H34N4O4/c27-24-19-5-4-18(14-17(19)15-30(24)21-6-7-23(31)28-25(21)32)34-22-3-1-2-20(22)29-11-8-26(16-29)9-12-33-13-10-26/h4-5,14,20-22,27H,1-3,6-13,15-16H2,(H,28,31,32)/t20-,21?,22-/m0/s1. The molecule has 1 unspecified atom stereocenters. The number of benzene rings is 1. The summed E-state index contributed by atoms with van der Waals surface area (Å²) in [6.07, 6.45) is 8.07. The number of nitrogens with zero attached hydrogens (tertiary/aromatic N) is 2. The number of nitrogens with one attached hydrogen (secondary N) is 2. The second-order valence-corrected chi connectivity index (χ2v) is 10.7. The predicted octanol–water partition coefficient (Wildman–Crippen LogP) is 2.44. The minimum Gasteiger partial charge on any atom is -0.489 e. The molecule has 4 aliphatic heterocycles. The van der Waals surface area contributed by atoms with Crippen molar-refractivity contribution in [2.24, 2.45) is 5.41 Å². The van der Waals surface area contributed by atoms with Gasteiger partial charge in [-0.2, -0.15) is 0 Å². The third-order valence-corrected chi connectivity index (χ3v) is 8.74. The van der Waals surface area contributed by atoms with Gasteiger partial charge in [0.15, 0.2) is 0 Å². The minimum absolute atomic E-state index is 0.195. The van der Waals surface area contributed by atoms with Crippen LogP contribution in [0.15, 0.2) is 18.2 Å². The number of fused-ring (bicyclic) bond motifs is 1. The van der Waals surface area contributed by atoms with Gasteiger partial charge < -0.3 is 14.4 Å². The van der Waals surface area contributed by atoms with Gasteiger partial charge >= 0.3 is 0 Å². The van der Waals surface area contributed by atoms with Crippen LogP contribution in [0.2, 0.25) is 0 Å². The molecule has 8 nitrogen and oxygen atoms in total. The maximum atomic E-state index is 12.4. The Bertz CT molecular complexity index is 1000. The van der Waals surface area contributed by atoms with Crippen LogP contribution in [-0.4, -0.2) is 71.9 Å². The SMILES string of the molecule is N=C1c2ccc(O[C@H]3CCC[C@@H]3N3CCC4(CCOCC4)C3)cc2CN1C1CCC(=O)NC1=O. The van der Waals surface area contributed by atoms with Crippen LogP contribution in [0.5, 0.6) is 5.75 Å². The highest BCUT2D eigenvalue weighted by Crippen LogP contribution is 2.43. The maximum absolute atomic E-state index is 12.4. The Labute approximate surface area is 200 Å². The number of carbonyl (C=O) groups is 2. The van der Waals surface area contributed by atoms with Gasteiger partial charge in [-0.25, -0.2) is 0 Å². The fourth-order valence-corrected chi connectivity index (χ4v) is 6.77. The summed E-state index contributed by atoms with van der Waals surface area (Å²) in [6, 6.07) is 5.98. The molecule has 8 heteroatoms. The number of imide groups is 1. The molecule has 1 aliphatic carbocycles. The predicted molar refractivity (Wildman–Crippen MR) is 126 cm³/mol. The van der Waals surface area contributed by atoms with Crippen LogP contribution in [0.25, 0.3) is 0 Å². The van der Waals surface area contributed by atoms with Gasteiger partial charge in [-0.1, -0.05) is 0 Å². The number of ether oxygens (including phenoxy) is 2. The largest absolute Gasteiger partial charge is 0.489 e. The lowest BCUT2D eigenvalue weighted by molar-refractivity contribution is -0.136. The Balaban J connectivity index is 1.13. The van der Waals surface area contributed by atoms with E-state index in [1.165, 1.54) is 38.6 Å². The number of rotatable bonds is 4. The summed E-state index contributed by atoms with van der Waals surface area (Å²) in [5.74, 6) is 0.682. The van der Waals surface area contributed by atoms with Gasteiger partial charge in [-0.15, -0.1) is 0 Å². The van der Waals surface area contributed by atoms with Crippen LogP contribution in [0.3, 0.4) is 0 Å². The second kappa shape index (κ2) is 8.64. The Morgan fingerprint density at radius 1 is 1.12 bits per heavy atom. The summed E-state index contributed by atoms with van der Waals surface area (Å²) in [5.41, 5.74) is 2.31. The molecule has 1 spiro atoms. The number of amidine groups is 1. The van der Waals surface area contributed by atoms with Crippen molar-refractivity contribution in [3.05, 3.63) is 29.3 Å². The smallest absolute Gasteiger partial charge is 0.249 e. The van der Waals surface area contributed by atoms with Gasteiger partial charge in [0, 0.05) is 44.3 Å². The lowest BCUT2D eigenvalue weighted by atomic mass is 9.79. The molecule has 1 saturated carbocycles. The first-order valence-corrected chi connectivity index (χ1v) is 12.8. The van der Waals surface area contributed by atoms with Crippen molar-refractivity contribution >= 4 is 17.6 Å². The first kappa shape index (κ1) is 22.0. The summed E-state index contributed by atoms with van der Waals surface area (Å²) in [5, 5.41) is 11.0. The van der Waals surface area contributed by atoms with E-state index in [4.69, 9.17) is 14.9 Å². The normalized spacial score (nSPS) is 31.2. The molecule has 5 aliphatic rings. The first-order chi connectivity index (χ1) is 16.5. The quantitative estimate of drug-likeness (QED) is 0.662. The molecule has 2 N–H and O–H groups in total. The fraction of sp³-hybridized carbons (Fsp3) is 0.654. The molecule has 1 aromatic carbocycles. The van der Waals surface area contributed by atoms with Crippen LogP contribution < -0.4 is 10.1 Å². The molecular weight excluding hydrogens is 432 g/mol. The molecule has 4 fully saturated rings. The summed E-state index contributed by atoms with van der Waals surface area (Å²) < 4.78 is 12.2. The molecule has 6 rings (SSSR count). The molecule has 3 saturated heterocycles. The van der Waals surface area contributed by atoms with Gasteiger partial charge in [-0.05, 0) is 80.7 Å². The average molecular weight is 467 g/mol. The number of likely N-dealkylation sites (tertiary alicyclic amines) is 1. The van der Waals surface area contributed by atoms with E-state index in [0.29, 0.717) is 36.7 Å². The molecule has 3 atom stereocenters. The van der Waals surface area contributed by atoms with Crippen molar-refractivity contribution in [2.45, 2.75) is 76.1 Å². The zero-order chi connectivity index (χ0) is 23.3. The molecule has 182 valence electrons. The van der Waals surface area contributed by atoms with E-state index in [1.807, 2.05) is 17.0 Å². The molecule has 34 heavy (non-hydrogen) atoms. The van der Waals surface area contributed by atoms with Crippen LogP contribution in [0.1, 0.15) is 62.5 Å². The summed E-state index contributed by atoms with van der Waals surface area (Å²) in [6.45, 7) is 4.63. The van der Waals surface area contributed by atoms with Crippen molar-refractivity contribution in [3.63, 3.8) is 0 Å². The van der Waals surface area contributed by atoms with Gasteiger partial charge in [0.2, 0.25) is 11.8 Å². The topological polar surface area (TPSA) is 95.0 Å². The highest BCUT2D eigenvalue weighted by Gasteiger charge is 2.45. The second-order valence-electron chi connectivity index (χ2n) is 10.7. The van der Waals surface area contributed by atoms with E-state index in [2.05, 4.69) is 16.3 Å². The zero-order valence-electron chi connectivity index (χ0n) is 19.7. The number of piperidine rings is 1. The molecule has 4 heterocycles. The van der Waals surface area contributed by atoms with Gasteiger partial charge in [-0.3, -0.25) is 25.2 Å². The Morgan fingerprint density at radius 2 is 1.97 bits per heavy atom. The lowest BCUT2D eigenvalue weighted by Gasteiger charge is -2.35. The lowest BCUT2D eigenvalue weighted by Crippen LogP contribution is -2.52. The van der Waals surface area contributed by atoms with Crippen LogP contribution in [0, 0.1) is 10.8 Å². The van der Waals surface area contributed by atoms with E-state index in [1.54, 1.807) is 0 Å². The summed E-state index contributed by atoms with van der Waals surface area (Å²) in [7, 11) is 0. The Kier molecular flexibility index (Phi) is 5.60. The highest BCUT2D eigenvalue weighted by molar-refractivity contribution is 6.06. The van der Waals surface area contributed by atoms with Crippen molar-refractivity contribution in [1.29, 1.82) is 5.41 Å². The van der Waals surface area contributed by atoms with E-state index in [9.17, 15) is 9.59 Å². The third-order valence-electron chi connectivity index (χ3n) is 8.74. The highest BCUT2D eigenvalue weighted by atomic mass is 16.5. The molecule has 0 aromatic heterocycles. The average Bonchev–Trinajstić information content (AvgIpc) is 3.53. The third kappa shape index (κ3) is 3.90. The Morgan fingerprint density at radius 3 is 2.79 bits per heavy atom. The molecular formula is C26H34N4O4. The van der Waals surface area contributed by atoms with Crippen LogP contribution >= 0.6 is 0 Å². The van der Waals surface area contributed by atoms with Crippen molar-refractivity contribution in [3.8, 4) is 5.75 Å². The van der Waals surface area contributed by atoms with E-state index in [-0.39, 0.29) is 17.9 Å². The zero-order valence-corrected chi connectivity index (χ0v) is 19.7. The summed E-state index contributed by atoms with van der Waals surface area (Å²) in [4.78, 5) is 28.4. The van der Waals surface area contributed by atoms with Crippen molar-refractivity contribution in [2.75, 3.05) is 26.3 Å². The van der Waals surface area contributed by atoms with Crippen LogP contribution in [0.4, 0.5) is 0 Å². The van der Waals surface area contributed by atoms with Crippen molar-refractivity contribution < 1.29 is 19.1 Å². The number of hydrogen-bond donors (Lipinski definition) is 2. The van der Waals surface area contributed by atoms with Gasteiger partial charge in [0.1, 0.15) is 23.7 Å². The van der Waals surface area contributed by atoms with E-state index in [0.717, 1.165) is 43.1 Å². The minimum atomic E-state index is -0.464. The monoisotopic (exact) mass is 466 g/mol. The van der Waals surface area contributed by atoms with Gasteiger partial charge in [0.25, 0.3) is 0 Å². The summed E-state index contributed by atoms with van der Waals surface area (Å²) >= 11 is 0. The number of hydrogen-bond acceptors (Lipinski definition) is 6. The van der Waals surface area contributed by atoms with E-state index >= 15 is 0 Å². The molecule has 0 bridgehead atoms. The first-order valence-electron chi connectivity index (χ1n) is 12.8.